The normalized spacial score (nSPS) is 11.7. The molecular weight excluding hydrogens is 528 g/mol. The molecule has 0 radical (unpaired) electrons. The van der Waals surface area contributed by atoms with Gasteiger partial charge in [0, 0.05) is 38.9 Å². The average molecular weight is 553 g/mol. The van der Waals surface area contributed by atoms with Crippen molar-refractivity contribution in [1.82, 2.24) is 19.1 Å². The van der Waals surface area contributed by atoms with Gasteiger partial charge in [-0.2, -0.15) is 4.98 Å². The Hall–Kier alpha value is -5.94. The van der Waals surface area contributed by atoms with Crippen LogP contribution in [-0.4, -0.2) is 19.1 Å². The van der Waals surface area contributed by atoms with Crippen LogP contribution in [0.3, 0.4) is 0 Å². The first-order valence-electron chi connectivity index (χ1n) is 14.3. The van der Waals surface area contributed by atoms with Crippen molar-refractivity contribution in [2.24, 2.45) is 0 Å². The Morgan fingerprint density at radius 3 is 1.77 bits per heavy atom. The minimum absolute atomic E-state index is 0.535. The van der Waals surface area contributed by atoms with E-state index in [1.165, 1.54) is 10.8 Å². The molecule has 0 spiro atoms. The van der Waals surface area contributed by atoms with E-state index in [0.29, 0.717) is 6.01 Å². The van der Waals surface area contributed by atoms with Crippen molar-refractivity contribution in [3.05, 3.63) is 146 Å². The molecule has 4 heterocycles. The maximum Gasteiger partial charge on any atom is 0.307 e. The Kier molecular flexibility index (Phi) is 5.13. The van der Waals surface area contributed by atoms with Crippen LogP contribution in [-0.2, 0) is 0 Å². The van der Waals surface area contributed by atoms with Crippen molar-refractivity contribution in [2.75, 3.05) is 0 Å². The molecule has 5 aromatic carbocycles. The van der Waals surface area contributed by atoms with E-state index >= 15 is 0 Å². The number of hydrogen-bond donors (Lipinski definition) is 0. The van der Waals surface area contributed by atoms with E-state index in [9.17, 15) is 0 Å². The first kappa shape index (κ1) is 23.7. The number of pyridine rings is 1. The Labute approximate surface area is 246 Å². The number of rotatable bonds is 4. The van der Waals surface area contributed by atoms with Crippen LogP contribution in [0.25, 0.3) is 77.9 Å². The van der Waals surface area contributed by atoms with Crippen molar-refractivity contribution < 1.29 is 4.42 Å². The summed E-state index contributed by atoms with van der Waals surface area (Å²) in [5.74, 6) is 0.748. The van der Waals surface area contributed by atoms with Gasteiger partial charge in [-0.25, -0.2) is 0 Å². The summed E-state index contributed by atoms with van der Waals surface area (Å²) in [6.45, 7) is 0. The third-order valence-electron chi connectivity index (χ3n) is 8.26. The van der Waals surface area contributed by atoms with E-state index in [4.69, 9.17) is 9.40 Å². The van der Waals surface area contributed by atoms with E-state index in [0.717, 1.165) is 61.1 Å². The molecule has 0 fully saturated rings. The van der Waals surface area contributed by atoms with E-state index in [1.807, 2.05) is 54.9 Å². The highest BCUT2D eigenvalue weighted by molar-refractivity contribution is 6.19. The Morgan fingerprint density at radius 2 is 1.09 bits per heavy atom. The number of fused-ring (bicyclic) bond motifs is 6. The van der Waals surface area contributed by atoms with Crippen LogP contribution in [0.15, 0.2) is 150 Å². The van der Waals surface area contributed by atoms with E-state index < -0.39 is 0 Å². The molecule has 0 saturated carbocycles. The number of para-hydroxylation sites is 2. The number of nitrogens with zero attached hydrogens (tertiary/aromatic N) is 4. The Morgan fingerprint density at radius 1 is 0.488 bits per heavy atom. The van der Waals surface area contributed by atoms with Gasteiger partial charge >= 0.3 is 6.01 Å². The quantitative estimate of drug-likeness (QED) is 0.218. The second-order valence-electron chi connectivity index (χ2n) is 10.7. The molecule has 5 heteroatoms. The van der Waals surface area contributed by atoms with Crippen LogP contribution < -0.4 is 0 Å². The average Bonchev–Trinajstić information content (AvgIpc) is 3.75. The molecule has 0 bridgehead atoms. The fourth-order valence-electron chi connectivity index (χ4n) is 6.38. The summed E-state index contributed by atoms with van der Waals surface area (Å²) in [5.41, 5.74) is 8.15. The van der Waals surface area contributed by atoms with Gasteiger partial charge in [-0.3, -0.25) is 9.55 Å². The molecule has 9 rings (SSSR count). The largest absolute Gasteiger partial charge is 0.422 e. The van der Waals surface area contributed by atoms with Gasteiger partial charge in [0.25, 0.3) is 0 Å². The van der Waals surface area contributed by atoms with Crippen LogP contribution in [0, 0.1) is 0 Å². The molecule has 0 unspecified atom stereocenters. The van der Waals surface area contributed by atoms with E-state index in [1.54, 1.807) is 0 Å². The number of benzene rings is 5. The van der Waals surface area contributed by atoms with Gasteiger partial charge in [-0.05, 0) is 36.4 Å². The third kappa shape index (κ3) is 3.58. The zero-order valence-corrected chi connectivity index (χ0v) is 23.1. The molecular formula is C38H24N4O. The number of aromatic nitrogens is 4. The van der Waals surface area contributed by atoms with Crippen molar-refractivity contribution >= 4 is 43.6 Å². The first-order valence-corrected chi connectivity index (χ1v) is 14.3. The van der Waals surface area contributed by atoms with Gasteiger partial charge in [0.1, 0.15) is 5.69 Å². The molecule has 0 aliphatic carbocycles. The SMILES string of the molecule is c1ccc(-c2nc(-n3c4ccccc4c4cc5c6ccccc6n(-c6cccnc6)c5cc43)oc2-c2ccccc2)cc1. The second kappa shape index (κ2) is 9.29. The van der Waals surface area contributed by atoms with Crippen molar-refractivity contribution in [1.29, 1.82) is 0 Å². The van der Waals surface area contributed by atoms with Crippen LogP contribution in [0.1, 0.15) is 0 Å². The van der Waals surface area contributed by atoms with E-state index in [-0.39, 0.29) is 0 Å². The van der Waals surface area contributed by atoms with Gasteiger partial charge in [0.15, 0.2) is 5.76 Å². The molecule has 0 aliphatic heterocycles. The zero-order valence-electron chi connectivity index (χ0n) is 23.1. The Bertz CT molecular complexity index is 2380. The highest BCUT2D eigenvalue weighted by atomic mass is 16.4. The zero-order chi connectivity index (χ0) is 28.3. The predicted octanol–water partition coefficient (Wildman–Crippen LogP) is 9.60. The van der Waals surface area contributed by atoms with Crippen LogP contribution in [0.2, 0.25) is 0 Å². The lowest BCUT2D eigenvalue weighted by Gasteiger charge is -2.08. The van der Waals surface area contributed by atoms with Crippen molar-refractivity contribution in [3.63, 3.8) is 0 Å². The minimum Gasteiger partial charge on any atom is -0.422 e. The molecule has 43 heavy (non-hydrogen) atoms. The summed E-state index contributed by atoms with van der Waals surface area (Å²) in [6.07, 6.45) is 3.72. The van der Waals surface area contributed by atoms with Gasteiger partial charge in [-0.1, -0.05) is 97.1 Å². The van der Waals surface area contributed by atoms with Crippen molar-refractivity contribution in [2.45, 2.75) is 0 Å². The molecule has 0 saturated heterocycles. The highest BCUT2D eigenvalue weighted by Crippen LogP contribution is 2.41. The van der Waals surface area contributed by atoms with Crippen LogP contribution >= 0.6 is 0 Å². The standard InChI is InChI=1S/C38H24N4O/c1-3-12-25(13-4-1)36-37(26-14-5-2-6-15-26)43-38(40-36)42-33-20-10-8-18-29(33)31-22-30-28-17-7-9-19-32(28)41(34(30)23-35(31)42)27-16-11-21-39-24-27/h1-24H. The second-order valence-corrected chi connectivity index (χ2v) is 10.7. The summed E-state index contributed by atoms with van der Waals surface area (Å²) >= 11 is 0. The summed E-state index contributed by atoms with van der Waals surface area (Å²) < 4.78 is 11.2. The topological polar surface area (TPSA) is 48.8 Å². The molecule has 0 amide bonds. The fourth-order valence-corrected chi connectivity index (χ4v) is 6.38. The third-order valence-corrected chi connectivity index (χ3v) is 8.26. The molecule has 0 N–H and O–H groups in total. The Balaban J connectivity index is 1.40. The molecule has 202 valence electrons. The lowest BCUT2D eigenvalue weighted by molar-refractivity contribution is 0.548. The van der Waals surface area contributed by atoms with Gasteiger partial charge in [0.05, 0.1) is 34.0 Å². The van der Waals surface area contributed by atoms with Crippen LogP contribution in [0.5, 0.6) is 0 Å². The molecule has 4 aromatic heterocycles. The molecule has 0 aliphatic rings. The van der Waals surface area contributed by atoms with E-state index in [2.05, 4.69) is 105 Å². The monoisotopic (exact) mass is 552 g/mol. The molecule has 5 nitrogen and oxygen atoms in total. The molecule has 0 atom stereocenters. The van der Waals surface area contributed by atoms with Gasteiger partial charge in [0.2, 0.25) is 0 Å². The van der Waals surface area contributed by atoms with Crippen LogP contribution in [0.4, 0.5) is 0 Å². The summed E-state index contributed by atoms with van der Waals surface area (Å²) in [6, 6.07) is 46.7. The summed E-state index contributed by atoms with van der Waals surface area (Å²) in [5, 5.41) is 4.70. The fraction of sp³-hybridized carbons (Fsp3) is 0. The smallest absolute Gasteiger partial charge is 0.307 e. The summed E-state index contributed by atoms with van der Waals surface area (Å²) in [7, 11) is 0. The maximum atomic E-state index is 6.74. The summed E-state index contributed by atoms with van der Waals surface area (Å²) in [4.78, 5) is 9.62. The molecule has 9 aromatic rings. The lowest BCUT2D eigenvalue weighted by atomic mass is 10.1. The highest BCUT2D eigenvalue weighted by Gasteiger charge is 2.23. The minimum atomic E-state index is 0.535. The van der Waals surface area contributed by atoms with Gasteiger partial charge < -0.3 is 8.98 Å². The van der Waals surface area contributed by atoms with Gasteiger partial charge in [-0.15, -0.1) is 0 Å². The number of oxazole rings is 1. The lowest BCUT2D eigenvalue weighted by Crippen LogP contribution is -1.96. The first-order chi connectivity index (χ1) is 21.3. The van der Waals surface area contributed by atoms with Crippen molar-refractivity contribution in [3.8, 4) is 34.3 Å². The predicted molar refractivity (Wildman–Crippen MR) is 174 cm³/mol. The number of hydrogen-bond acceptors (Lipinski definition) is 3. The maximum absolute atomic E-state index is 6.74.